The van der Waals surface area contributed by atoms with Gasteiger partial charge < -0.3 is 0 Å². The molecule has 0 radical (unpaired) electrons. The van der Waals surface area contributed by atoms with E-state index in [0.29, 0.717) is 0 Å². The van der Waals surface area contributed by atoms with E-state index in [1.807, 2.05) is 4.68 Å². The minimum absolute atomic E-state index is 0.814. The molecule has 2 heterocycles. The third-order valence-electron chi connectivity index (χ3n) is 3.74. The molecule has 3 aromatic rings. The van der Waals surface area contributed by atoms with Gasteiger partial charge in [-0.1, -0.05) is 36.8 Å². The van der Waals surface area contributed by atoms with Gasteiger partial charge in [0, 0.05) is 23.7 Å². The first-order valence-electron chi connectivity index (χ1n) is 7.58. The fourth-order valence-electron chi connectivity index (χ4n) is 2.54. The van der Waals surface area contributed by atoms with Crippen LogP contribution in [0, 0.1) is 6.92 Å². The number of benzene rings is 1. The van der Waals surface area contributed by atoms with Crippen LogP contribution < -0.4 is 0 Å². The maximum atomic E-state index is 4.68. The van der Waals surface area contributed by atoms with Crippen LogP contribution in [0.5, 0.6) is 0 Å². The molecule has 1 aromatic carbocycles. The van der Waals surface area contributed by atoms with Gasteiger partial charge in [0.1, 0.15) is 0 Å². The van der Waals surface area contributed by atoms with Crippen LogP contribution in [0.25, 0.3) is 11.3 Å². The Morgan fingerprint density at radius 2 is 2.14 bits per heavy atom. The lowest BCUT2D eigenvalue weighted by atomic mass is 10.1. The highest BCUT2D eigenvalue weighted by Gasteiger charge is 2.07. The van der Waals surface area contributed by atoms with Crippen LogP contribution in [-0.4, -0.2) is 21.2 Å². The molecule has 114 valence electrons. The van der Waals surface area contributed by atoms with E-state index in [1.165, 1.54) is 16.7 Å². The molecule has 0 unspecified atom stereocenters. The zero-order valence-electron chi connectivity index (χ0n) is 13.1. The van der Waals surface area contributed by atoms with E-state index >= 15 is 0 Å². The van der Waals surface area contributed by atoms with Gasteiger partial charge in [-0.2, -0.15) is 16.4 Å². The number of rotatable bonds is 6. The van der Waals surface area contributed by atoms with E-state index in [2.05, 4.69) is 77.2 Å². The highest BCUT2D eigenvalue weighted by molar-refractivity contribution is 7.08. The molecule has 0 spiro atoms. The summed E-state index contributed by atoms with van der Waals surface area (Å²) in [5, 5.41) is 8.90. The minimum atomic E-state index is 0.814. The Bertz CT molecular complexity index is 716. The van der Waals surface area contributed by atoms with Crippen LogP contribution in [0.15, 0.2) is 53.4 Å². The summed E-state index contributed by atoms with van der Waals surface area (Å²) in [5.74, 6) is 0. The fraction of sp³-hybridized carbons (Fsp3) is 0.278. The smallest absolute Gasteiger partial charge is 0.0932 e. The second-order valence-electron chi connectivity index (χ2n) is 5.53. The predicted molar refractivity (Wildman–Crippen MR) is 92.8 cm³/mol. The first-order chi connectivity index (χ1) is 10.7. The summed E-state index contributed by atoms with van der Waals surface area (Å²) in [6.07, 6.45) is 2.06. The summed E-state index contributed by atoms with van der Waals surface area (Å²) < 4.78 is 2.02. The Morgan fingerprint density at radius 1 is 1.23 bits per heavy atom. The van der Waals surface area contributed by atoms with Gasteiger partial charge in [-0.15, -0.1) is 0 Å². The van der Waals surface area contributed by atoms with Gasteiger partial charge in [-0.3, -0.25) is 9.58 Å². The molecule has 0 amide bonds. The summed E-state index contributed by atoms with van der Waals surface area (Å²) in [5.41, 5.74) is 4.91. The van der Waals surface area contributed by atoms with Crippen LogP contribution in [0.2, 0.25) is 0 Å². The highest BCUT2D eigenvalue weighted by Crippen LogP contribution is 2.19. The molecule has 0 saturated heterocycles. The second-order valence-corrected chi connectivity index (χ2v) is 6.31. The summed E-state index contributed by atoms with van der Waals surface area (Å²) in [7, 11) is 0. The third-order valence-corrected chi connectivity index (χ3v) is 4.42. The summed E-state index contributed by atoms with van der Waals surface area (Å²) in [6, 6.07) is 12.9. The topological polar surface area (TPSA) is 21.1 Å². The minimum Gasteiger partial charge on any atom is -0.280 e. The van der Waals surface area contributed by atoms with Gasteiger partial charge in [0.2, 0.25) is 0 Å². The number of aryl methyl sites for hydroxylation is 1. The maximum Gasteiger partial charge on any atom is 0.0932 e. The number of thiophene rings is 1. The zero-order valence-corrected chi connectivity index (χ0v) is 13.9. The molecule has 4 heteroatoms. The van der Waals surface area contributed by atoms with Crippen molar-refractivity contribution in [3.63, 3.8) is 0 Å². The van der Waals surface area contributed by atoms with Crippen molar-refractivity contribution in [2.45, 2.75) is 27.1 Å². The molecule has 0 atom stereocenters. The molecule has 0 bridgehead atoms. The van der Waals surface area contributed by atoms with Crippen molar-refractivity contribution >= 4 is 11.3 Å². The molecule has 0 fully saturated rings. The van der Waals surface area contributed by atoms with Crippen LogP contribution >= 0.6 is 11.3 Å². The molecule has 0 saturated carbocycles. The van der Waals surface area contributed by atoms with Crippen molar-refractivity contribution in [2.75, 3.05) is 6.54 Å². The van der Waals surface area contributed by atoms with Crippen molar-refractivity contribution in [3.8, 4) is 11.3 Å². The molecule has 0 N–H and O–H groups in total. The van der Waals surface area contributed by atoms with Gasteiger partial charge in [0.15, 0.2) is 0 Å². The van der Waals surface area contributed by atoms with Crippen molar-refractivity contribution in [1.29, 1.82) is 0 Å². The molecular formula is C18H21N3S. The van der Waals surface area contributed by atoms with Crippen molar-refractivity contribution < 1.29 is 0 Å². The molecule has 3 rings (SSSR count). The summed E-state index contributed by atoms with van der Waals surface area (Å²) >= 11 is 1.71. The molecule has 0 aliphatic carbocycles. The molecule has 0 aliphatic heterocycles. The number of aromatic nitrogens is 2. The third kappa shape index (κ3) is 3.64. The van der Waals surface area contributed by atoms with Crippen LogP contribution in [0.1, 0.15) is 18.1 Å². The fourth-order valence-corrected chi connectivity index (χ4v) is 3.19. The van der Waals surface area contributed by atoms with Crippen molar-refractivity contribution in [3.05, 3.63) is 64.5 Å². The molecule has 0 aliphatic rings. The average Bonchev–Trinajstić information content (AvgIpc) is 3.17. The van der Waals surface area contributed by atoms with Crippen LogP contribution in [0.3, 0.4) is 0 Å². The Morgan fingerprint density at radius 3 is 2.86 bits per heavy atom. The van der Waals surface area contributed by atoms with E-state index in [0.717, 1.165) is 25.5 Å². The Kier molecular flexibility index (Phi) is 4.71. The van der Waals surface area contributed by atoms with E-state index in [9.17, 15) is 0 Å². The molecular weight excluding hydrogens is 290 g/mol. The summed E-state index contributed by atoms with van der Waals surface area (Å²) in [4.78, 5) is 2.39. The lowest BCUT2D eigenvalue weighted by Gasteiger charge is -2.20. The predicted octanol–water partition coefficient (Wildman–Crippen LogP) is 4.40. The normalized spacial score (nSPS) is 11.2. The van der Waals surface area contributed by atoms with Gasteiger partial charge >= 0.3 is 0 Å². The van der Waals surface area contributed by atoms with E-state index in [4.69, 9.17) is 0 Å². The molecule has 3 nitrogen and oxygen atoms in total. The van der Waals surface area contributed by atoms with Gasteiger partial charge in [0.25, 0.3) is 0 Å². The van der Waals surface area contributed by atoms with Gasteiger partial charge in [0.05, 0.1) is 12.4 Å². The lowest BCUT2D eigenvalue weighted by Crippen LogP contribution is -2.26. The average molecular weight is 311 g/mol. The van der Waals surface area contributed by atoms with Gasteiger partial charge in [-0.25, -0.2) is 0 Å². The molecule has 22 heavy (non-hydrogen) atoms. The SMILES string of the molecule is CCN(Cc1cccc(C)c1)Cn1ccc(-c2ccsc2)n1. The molecule has 2 aromatic heterocycles. The Hall–Kier alpha value is -1.91. The zero-order chi connectivity index (χ0) is 15.4. The lowest BCUT2D eigenvalue weighted by molar-refractivity contribution is 0.209. The second kappa shape index (κ2) is 6.90. The first kappa shape index (κ1) is 15.0. The van der Waals surface area contributed by atoms with E-state index in [-0.39, 0.29) is 0 Å². The number of hydrogen-bond acceptors (Lipinski definition) is 3. The quantitative estimate of drug-likeness (QED) is 0.673. The van der Waals surface area contributed by atoms with Gasteiger partial charge in [-0.05, 0) is 36.5 Å². The van der Waals surface area contributed by atoms with Crippen LogP contribution in [-0.2, 0) is 13.2 Å². The summed E-state index contributed by atoms with van der Waals surface area (Å²) in [6.45, 7) is 7.10. The maximum absolute atomic E-state index is 4.68. The standard InChI is InChI=1S/C18H21N3S/c1-3-20(12-16-6-4-5-15(2)11-16)14-21-9-7-18(19-21)17-8-10-22-13-17/h4-11,13H,3,12,14H2,1-2H3. The van der Waals surface area contributed by atoms with Crippen molar-refractivity contribution in [1.82, 2.24) is 14.7 Å². The Labute approximate surface area is 135 Å². The highest BCUT2D eigenvalue weighted by atomic mass is 32.1. The monoisotopic (exact) mass is 311 g/mol. The largest absolute Gasteiger partial charge is 0.280 e. The first-order valence-corrected chi connectivity index (χ1v) is 8.53. The van der Waals surface area contributed by atoms with Crippen LogP contribution in [0.4, 0.5) is 0 Å². The number of nitrogens with zero attached hydrogens (tertiary/aromatic N) is 3. The van der Waals surface area contributed by atoms with Crippen molar-refractivity contribution in [2.24, 2.45) is 0 Å². The van der Waals surface area contributed by atoms with E-state index < -0.39 is 0 Å². The van der Waals surface area contributed by atoms with E-state index in [1.54, 1.807) is 11.3 Å². The Balaban J connectivity index is 1.68. The number of hydrogen-bond donors (Lipinski definition) is 0.